The summed E-state index contributed by atoms with van der Waals surface area (Å²) >= 11 is 0. The average Bonchev–Trinajstić information content (AvgIpc) is 2.84. The van der Waals surface area contributed by atoms with Crippen LogP contribution >= 0.6 is 0 Å². The van der Waals surface area contributed by atoms with Gasteiger partial charge in [0.25, 0.3) is 0 Å². The maximum Gasteiger partial charge on any atom is 0.234 e. The number of methoxy groups -OCH3 is 1. The predicted octanol–water partition coefficient (Wildman–Crippen LogP) is 1.16. The molecule has 1 aromatic rings. The molecular weight excluding hydrogens is 318 g/mol. The fourth-order valence-corrected chi connectivity index (χ4v) is 3.79. The normalized spacial score (nSPS) is 20.8. The Morgan fingerprint density at radius 2 is 2.00 bits per heavy atom. The molecule has 138 valence electrons. The summed E-state index contributed by atoms with van der Waals surface area (Å²) in [5.41, 5.74) is 1.19. The Hall–Kier alpha value is -1.63. The van der Waals surface area contributed by atoms with E-state index in [2.05, 4.69) is 15.5 Å². The minimum Gasteiger partial charge on any atom is -0.497 e. The van der Waals surface area contributed by atoms with Gasteiger partial charge in [-0.05, 0) is 43.5 Å². The average molecular weight is 347 g/mol. The van der Waals surface area contributed by atoms with Gasteiger partial charge in [0.15, 0.2) is 0 Å². The molecule has 1 aromatic carbocycles. The van der Waals surface area contributed by atoms with Crippen LogP contribution in [-0.4, -0.2) is 62.8 Å². The SMILES string of the molecule is COc1ccc(CNC(=O)CN2CCNCCC23CCOCC3)cc1. The lowest BCUT2D eigenvalue weighted by Crippen LogP contribution is -2.55. The minimum absolute atomic E-state index is 0.0867. The number of nitrogens with zero attached hydrogens (tertiary/aromatic N) is 1. The molecule has 0 atom stereocenters. The molecule has 2 aliphatic rings. The van der Waals surface area contributed by atoms with Gasteiger partial charge in [-0.1, -0.05) is 12.1 Å². The summed E-state index contributed by atoms with van der Waals surface area (Å²) in [6.07, 6.45) is 3.11. The van der Waals surface area contributed by atoms with Crippen LogP contribution in [-0.2, 0) is 16.1 Å². The highest BCUT2D eigenvalue weighted by atomic mass is 16.5. The van der Waals surface area contributed by atoms with Gasteiger partial charge in [-0.3, -0.25) is 9.69 Å². The van der Waals surface area contributed by atoms with Crippen molar-refractivity contribution in [3.05, 3.63) is 29.8 Å². The highest BCUT2D eigenvalue weighted by molar-refractivity contribution is 5.78. The number of carbonyl (C=O) groups is 1. The number of hydrogen-bond acceptors (Lipinski definition) is 5. The maximum atomic E-state index is 12.5. The van der Waals surface area contributed by atoms with Gasteiger partial charge in [0.2, 0.25) is 5.91 Å². The summed E-state index contributed by atoms with van der Waals surface area (Å²) in [4.78, 5) is 14.9. The minimum atomic E-state index is 0.0867. The molecule has 0 aromatic heterocycles. The summed E-state index contributed by atoms with van der Waals surface area (Å²) in [6.45, 7) is 5.46. The van der Waals surface area contributed by atoms with E-state index in [0.29, 0.717) is 13.1 Å². The summed E-state index contributed by atoms with van der Waals surface area (Å²) in [6, 6.07) is 7.79. The molecule has 6 heteroatoms. The first kappa shape index (κ1) is 18.2. The van der Waals surface area contributed by atoms with Crippen LogP contribution in [0.15, 0.2) is 24.3 Å². The number of hydrogen-bond donors (Lipinski definition) is 2. The van der Waals surface area contributed by atoms with Crippen molar-refractivity contribution in [3.8, 4) is 5.75 Å². The van der Waals surface area contributed by atoms with Gasteiger partial charge in [0.05, 0.1) is 13.7 Å². The molecule has 0 aliphatic carbocycles. The third-order valence-electron chi connectivity index (χ3n) is 5.40. The smallest absolute Gasteiger partial charge is 0.234 e. The predicted molar refractivity (Wildman–Crippen MR) is 96.7 cm³/mol. The zero-order valence-corrected chi connectivity index (χ0v) is 15.1. The number of ether oxygens (including phenoxy) is 2. The first-order valence-corrected chi connectivity index (χ1v) is 9.15. The van der Waals surface area contributed by atoms with E-state index in [0.717, 1.165) is 63.4 Å². The standard InChI is InChI=1S/C19H29N3O3/c1-24-17-4-2-16(3-5-17)14-21-18(23)15-22-11-10-20-9-6-19(22)7-12-25-13-8-19/h2-5,20H,6-15H2,1H3,(H,21,23). The Bertz CT molecular complexity index is 556. The molecule has 2 heterocycles. The van der Waals surface area contributed by atoms with Crippen molar-refractivity contribution in [3.63, 3.8) is 0 Å². The van der Waals surface area contributed by atoms with Crippen molar-refractivity contribution in [1.29, 1.82) is 0 Å². The van der Waals surface area contributed by atoms with Gasteiger partial charge in [-0.25, -0.2) is 0 Å². The molecule has 0 radical (unpaired) electrons. The van der Waals surface area contributed by atoms with Crippen LogP contribution in [0.1, 0.15) is 24.8 Å². The van der Waals surface area contributed by atoms with Crippen molar-refractivity contribution in [1.82, 2.24) is 15.5 Å². The van der Waals surface area contributed by atoms with Gasteiger partial charge in [-0.15, -0.1) is 0 Å². The lowest BCUT2D eigenvalue weighted by molar-refractivity contribution is -0.125. The highest BCUT2D eigenvalue weighted by Crippen LogP contribution is 2.31. The zero-order valence-electron chi connectivity index (χ0n) is 15.1. The van der Waals surface area contributed by atoms with Crippen molar-refractivity contribution in [2.45, 2.75) is 31.3 Å². The van der Waals surface area contributed by atoms with Crippen LogP contribution in [0.2, 0.25) is 0 Å². The lowest BCUT2D eigenvalue weighted by Gasteiger charge is -2.45. The highest BCUT2D eigenvalue weighted by Gasteiger charge is 2.39. The topological polar surface area (TPSA) is 62.8 Å². The summed E-state index contributed by atoms with van der Waals surface area (Å²) in [5.74, 6) is 0.914. The van der Waals surface area contributed by atoms with Gasteiger partial charge >= 0.3 is 0 Å². The summed E-state index contributed by atoms with van der Waals surface area (Å²) < 4.78 is 10.7. The largest absolute Gasteiger partial charge is 0.497 e. The molecule has 3 rings (SSSR count). The molecule has 6 nitrogen and oxygen atoms in total. The van der Waals surface area contributed by atoms with Crippen LogP contribution in [0.4, 0.5) is 0 Å². The van der Waals surface area contributed by atoms with Crippen LogP contribution in [0.25, 0.3) is 0 Å². The Kier molecular flexibility index (Phi) is 6.29. The van der Waals surface area contributed by atoms with E-state index in [1.54, 1.807) is 7.11 Å². The first-order valence-electron chi connectivity index (χ1n) is 9.15. The van der Waals surface area contributed by atoms with Crippen molar-refractivity contribution >= 4 is 5.91 Å². The van der Waals surface area contributed by atoms with E-state index in [1.165, 1.54) is 0 Å². The van der Waals surface area contributed by atoms with E-state index < -0.39 is 0 Å². The van der Waals surface area contributed by atoms with E-state index >= 15 is 0 Å². The second-order valence-corrected chi connectivity index (χ2v) is 6.88. The maximum absolute atomic E-state index is 12.5. The number of carbonyl (C=O) groups excluding carboxylic acids is 1. The van der Waals surface area contributed by atoms with E-state index in [-0.39, 0.29) is 11.4 Å². The first-order chi connectivity index (χ1) is 12.2. The molecule has 2 saturated heterocycles. The van der Waals surface area contributed by atoms with Gasteiger partial charge in [0.1, 0.15) is 5.75 Å². The summed E-state index contributed by atoms with van der Waals surface area (Å²) in [5, 5.41) is 6.52. The molecule has 0 bridgehead atoms. The molecule has 1 amide bonds. The van der Waals surface area contributed by atoms with Crippen molar-refractivity contribution < 1.29 is 14.3 Å². The Balaban J connectivity index is 1.55. The number of amides is 1. The number of benzene rings is 1. The van der Waals surface area contributed by atoms with Crippen LogP contribution in [0.3, 0.4) is 0 Å². The van der Waals surface area contributed by atoms with Gasteiger partial charge in [0, 0.05) is 38.4 Å². The quantitative estimate of drug-likeness (QED) is 0.837. The molecule has 0 unspecified atom stereocenters. The molecule has 2 fully saturated rings. The zero-order chi connectivity index (χ0) is 17.5. The Morgan fingerprint density at radius 1 is 1.24 bits per heavy atom. The van der Waals surface area contributed by atoms with E-state index in [4.69, 9.17) is 9.47 Å². The van der Waals surface area contributed by atoms with Crippen molar-refractivity contribution in [2.24, 2.45) is 0 Å². The Morgan fingerprint density at radius 3 is 2.72 bits per heavy atom. The molecule has 2 aliphatic heterocycles. The van der Waals surface area contributed by atoms with E-state index in [9.17, 15) is 4.79 Å². The molecule has 25 heavy (non-hydrogen) atoms. The lowest BCUT2D eigenvalue weighted by atomic mass is 9.85. The van der Waals surface area contributed by atoms with Crippen LogP contribution in [0, 0.1) is 0 Å². The molecule has 0 saturated carbocycles. The van der Waals surface area contributed by atoms with Crippen molar-refractivity contribution in [2.75, 3.05) is 46.5 Å². The number of rotatable bonds is 5. The van der Waals surface area contributed by atoms with E-state index in [1.807, 2.05) is 24.3 Å². The molecular formula is C19H29N3O3. The fourth-order valence-electron chi connectivity index (χ4n) is 3.79. The Labute approximate surface area is 149 Å². The van der Waals surface area contributed by atoms with Crippen LogP contribution < -0.4 is 15.4 Å². The monoisotopic (exact) mass is 347 g/mol. The third kappa shape index (κ3) is 4.71. The second-order valence-electron chi connectivity index (χ2n) is 6.88. The molecule has 1 spiro atoms. The summed E-state index contributed by atoms with van der Waals surface area (Å²) in [7, 11) is 1.65. The second kappa shape index (κ2) is 8.65. The fraction of sp³-hybridized carbons (Fsp3) is 0.632. The number of nitrogens with one attached hydrogen (secondary N) is 2. The molecule has 2 N–H and O–H groups in total. The van der Waals surface area contributed by atoms with Gasteiger partial charge < -0.3 is 20.1 Å². The third-order valence-corrected chi connectivity index (χ3v) is 5.40. The van der Waals surface area contributed by atoms with Gasteiger partial charge in [-0.2, -0.15) is 0 Å². The van der Waals surface area contributed by atoms with Crippen LogP contribution in [0.5, 0.6) is 5.75 Å².